The molecule has 0 radical (unpaired) electrons. The van der Waals surface area contributed by atoms with Crippen LogP contribution in [0.1, 0.15) is 0 Å². The molecule has 0 aliphatic rings. The summed E-state index contributed by atoms with van der Waals surface area (Å²) in [5.74, 6) is 1.25. The van der Waals surface area contributed by atoms with Crippen LogP contribution in [0.25, 0.3) is 0 Å². The first-order valence-corrected chi connectivity index (χ1v) is 8.86. The van der Waals surface area contributed by atoms with Crippen LogP contribution in [0, 0.1) is 0 Å². The summed E-state index contributed by atoms with van der Waals surface area (Å²) >= 11 is 16.8. The van der Waals surface area contributed by atoms with Gasteiger partial charge in [0.2, 0.25) is 0 Å². The second kappa shape index (κ2) is 6.47. The minimum Gasteiger partial charge on any atom is -0.505 e. The smallest absolute Gasteiger partial charge is 0.155 e. The molecule has 0 aliphatic heterocycles. The molecule has 0 aliphatic carbocycles. The molecule has 2 rings (SSSR count). The summed E-state index contributed by atoms with van der Waals surface area (Å²) in [5, 5.41) is 9.84. The van der Waals surface area contributed by atoms with Crippen LogP contribution >= 0.6 is 79.6 Å². The minimum atomic E-state index is 0.0989. The van der Waals surface area contributed by atoms with E-state index in [1.807, 2.05) is 12.1 Å². The van der Waals surface area contributed by atoms with E-state index in [-0.39, 0.29) is 5.75 Å². The third-order valence-electron chi connectivity index (χ3n) is 2.21. The van der Waals surface area contributed by atoms with Crippen molar-refractivity contribution in [2.45, 2.75) is 0 Å². The summed E-state index contributed by atoms with van der Waals surface area (Å²) in [6.07, 6.45) is 0. The van der Waals surface area contributed by atoms with Gasteiger partial charge in [0.25, 0.3) is 0 Å². The molecule has 0 spiro atoms. The first-order valence-electron chi connectivity index (χ1n) is 4.89. The number of phenolic OH excluding ortho intramolecular Hbond substituents is 1. The number of halogens is 5. The summed E-state index contributed by atoms with van der Waals surface area (Å²) in [6.45, 7) is 0. The fraction of sp³-hybridized carbons (Fsp3) is 0. The zero-order valence-corrected chi connectivity index (χ0v) is 17.0. The lowest BCUT2D eigenvalue weighted by Crippen LogP contribution is -1.89. The Morgan fingerprint density at radius 2 is 1.42 bits per heavy atom. The normalized spacial score (nSPS) is 10.6. The fourth-order valence-electron chi connectivity index (χ4n) is 1.34. The molecule has 0 bridgehead atoms. The zero-order valence-electron chi connectivity index (χ0n) is 9.05. The van der Waals surface area contributed by atoms with Crippen molar-refractivity contribution in [3.05, 3.63) is 46.6 Å². The largest absolute Gasteiger partial charge is 0.505 e. The van der Waals surface area contributed by atoms with Crippen LogP contribution in [-0.4, -0.2) is 5.11 Å². The van der Waals surface area contributed by atoms with E-state index < -0.39 is 0 Å². The van der Waals surface area contributed by atoms with Gasteiger partial charge in [-0.15, -0.1) is 0 Å². The molecule has 2 nitrogen and oxygen atoms in total. The number of hydrogen-bond acceptors (Lipinski definition) is 2. The van der Waals surface area contributed by atoms with Gasteiger partial charge < -0.3 is 9.84 Å². The number of hydrogen-bond donors (Lipinski definition) is 1. The highest BCUT2D eigenvalue weighted by molar-refractivity contribution is 9.12. The van der Waals surface area contributed by atoms with Gasteiger partial charge in [0.05, 0.1) is 13.4 Å². The Balaban J connectivity index is 2.45. The van der Waals surface area contributed by atoms with Crippen LogP contribution in [0.15, 0.2) is 46.6 Å². The maximum Gasteiger partial charge on any atom is 0.155 e. The summed E-state index contributed by atoms with van der Waals surface area (Å²) < 4.78 is 9.42. The lowest BCUT2D eigenvalue weighted by atomic mass is 10.3. The van der Waals surface area contributed by atoms with Crippen molar-refractivity contribution in [2.75, 3.05) is 0 Å². The highest BCUT2D eigenvalue weighted by atomic mass is 79.9. The maximum atomic E-state index is 9.84. The van der Waals surface area contributed by atoms with Crippen LogP contribution in [0.3, 0.4) is 0 Å². The van der Waals surface area contributed by atoms with Gasteiger partial charge >= 0.3 is 0 Å². The first kappa shape index (κ1) is 15.8. The Kier molecular flexibility index (Phi) is 5.39. The summed E-state index contributed by atoms with van der Waals surface area (Å²) in [5.41, 5.74) is 0. The van der Waals surface area contributed by atoms with Crippen molar-refractivity contribution in [3.63, 3.8) is 0 Å². The molecule has 0 amide bonds. The predicted molar refractivity (Wildman–Crippen MR) is 93.1 cm³/mol. The molecule has 2 aromatic rings. The second-order valence-corrected chi connectivity index (χ2v) is 7.78. The highest BCUT2D eigenvalue weighted by Crippen LogP contribution is 2.44. The molecule has 0 unspecified atom stereocenters. The van der Waals surface area contributed by atoms with Crippen LogP contribution in [0.2, 0.25) is 0 Å². The van der Waals surface area contributed by atoms with Crippen LogP contribution in [-0.2, 0) is 0 Å². The van der Waals surface area contributed by atoms with Gasteiger partial charge in [-0.1, -0.05) is 15.9 Å². The molecule has 7 heteroatoms. The van der Waals surface area contributed by atoms with Gasteiger partial charge in [-0.2, -0.15) is 0 Å². The van der Waals surface area contributed by atoms with Crippen molar-refractivity contribution in [3.8, 4) is 17.2 Å². The van der Waals surface area contributed by atoms with E-state index in [4.69, 9.17) is 4.74 Å². The molecule has 0 atom stereocenters. The topological polar surface area (TPSA) is 29.5 Å². The molecule has 0 heterocycles. The highest BCUT2D eigenvalue weighted by Gasteiger charge is 2.14. The van der Waals surface area contributed by atoms with E-state index in [9.17, 15) is 5.11 Å². The number of phenols is 1. The molecule has 2 aromatic carbocycles. The zero-order chi connectivity index (χ0) is 14.2. The van der Waals surface area contributed by atoms with Gasteiger partial charge in [-0.05, 0) is 88.0 Å². The van der Waals surface area contributed by atoms with E-state index in [1.165, 1.54) is 0 Å². The lowest BCUT2D eigenvalue weighted by Gasteiger charge is -2.13. The van der Waals surface area contributed by atoms with E-state index in [2.05, 4.69) is 79.6 Å². The molecule has 1 N–H and O–H groups in total. The Morgan fingerprint density at radius 3 is 2.00 bits per heavy atom. The summed E-state index contributed by atoms with van der Waals surface area (Å²) in [7, 11) is 0. The molecule has 0 aromatic heterocycles. The molecular formula is C12H5Br5O2. The van der Waals surface area contributed by atoms with Gasteiger partial charge in [-0.3, -0.25) is 0 Å². The van der Waals surface area contributed by atoms with Crippen molar-refractivity contribution in [1.29, 1.82) is 0 Å². The standard InChI is InChI=1S/C12H5Br5O2/c13-5-3-7(15)12(8(16)4-5)19-9-2-1-6(14)11(18)10(9)17/h1-4,18H. The Labute approximate surface area is 152 Å². The molecule has 0 fully saturated rings. The Bertz CT molecular complexity index is 619. The molecule has 100 valence electrons. The van der Waals surface area contributed by atoms with Crippen molar-refractivity contribution in [2.24, 2.45) is 0 Å². The maximum absolute atomic E-state index is 9.84. The molecule has 0 saturated heterocycles. The van der Waals surface area contributed by atoms with Gasteiger partial charge in [0, 0.05) is 4.47 Å². The van der Waals surface area contributed by atoms with Crippen molar-refractivity contribution in [1.82, 2.24) is 0 Å². The molecule has 0 saturated carbocycles. The average Bonchev–Trinajstić information content (AvgIpc) is 2.33. The summed E-state index contributed by atoms with van der Waals surface area (Å²) in [4.78, 5) is 0. The second-order valence-electron chi connectivity index (χ2n) is 3.51. The average molecular weight is 581 g/mol. The van der Waals surface area contributed by atoms with Crippen molar-refractivity contribution < 1.29 is 9.84 Å². The number of aromatic hydroxyl groups is 1. The van der Waals surface area contributed by atoms with Crippen molar-refractivity contribution >= 4 is 79.6 Å². The van der Waals surface area contributed by atoms with E-state index in [0.29, 0.717) is 20.4 Å². The first-order chi connectivity index (χ1) is 8.90. The van der Waals surface area contributed by atoms with Gasteiger partial charge in [-0.25, -0.2) is 0 Å². The van der Waals surface area contributed by atoms with Gasteiger partial charge in [0.1, 0.15) is 16.0 Å². The van der Waals surface area contributed by atoms with Crippen LogP contribution in [0.5, 0.6) is 17.2 Å². The monoisotopic (exact) mass is 576 g/mol. The molecule has 19 heavy (non-hydrogen) atoms. The van der Waals surface area contributed by atoms with E-state index in [0.717, 1.165) is 13.4 Å². The van der Waals surface area contributed by atoms with Crippen LogP contribution in [0.4, 0.5) is 0 Å². The quantitative estimate of drug-likeness (QED) is 0.415. The van der Waals surface area contributed by atoms with Gasteiger partial charge in [0.15, 0.2) is 5.75 Å². The number of ether oxygens (including phenoxy) is 1. The Hall–Kier alpha value is 0.440. The third-order valence-corrected chi connectivity index (χ3v) is 5.25. The van der Waals surface area contributed by atoms with E-state index >= 15 is 0 Å². The predicted octanol–water partition coefficient (Wildman–Crippen LogP) is 7.00. The summed E-state index contributed by atoms with van der Waals surface area (Å²) in [6, 6.07) is 7.24. The number of benzene rings is 2. The Morgan fingerprint density at radius 1 is 0.842 bits per heavy atom. The lowest BCUT2D eigenvalue weighted by molar-refractivity contribution is 0.444. The SMILES string of the molecule is Oc1c(Br)ccc(Oc2c(Br)cc(Br)cc2Br)c1Br. The van der Waals surface area contributed by atoms with E-state index in [1.54, 1.807) is 12.1 Å². The number of rotatable bonds is 2. The third kappa shape index (κ3) is 3.56. The fourth-order valence-corrected chi connectivity index (χ4v) is 4.78. The van der Waals surface area contributed by atoms with Crippen LogP contribution < -0.4 is 4.74 Å². The minimum absolute atomic E-state index is 0.0989. The molecular weight excluding hydrogens is 576 g/mol.